The van der Waals surface area contributed by atoms with Crippen molar-refractivity contribution in [2.75, 3.05) is 23.7 Å². The average molecular weight is 282 g/mol. The van der Waals surface area contributed by atoms with Crippen LogP contribution in [0.3, 0.4) is 0 Å². The van der Waals surface area contributed by atoms with Crippen LogP contribution >= 0.6 is 0 Å². The Bertz CT molecular complexity index is 625. The van der Waals surface area contributed by atoms with Crippen LogP contribution in [0, 0.1) is 0 Å². The van der Waals surface area contributed by atoms with Gasteiger partial charge in [0.2, 0.25) is 5.95 Å². The summed E-state index contributed by atoms with van der Waals surface area (Å²) in [6, 6.07) is 7.18. The first-order chi connectivity index (χ1) is 10.3. The van der Waals surface area contributed by atoms with E-state index in [1.165, 1.54) is 18.5 Å². The van der Waals surface area contributed by atoms with Gasteiger partial charge in [0.25, 0.3) is 0 Å². The fourth-order valence-electron chi connectivity index (χ4n) is 3.41. The minimum absolute atomic E-state index is 0.276. The van der Waals surface area contributed by atoms with Crippen LogP contribution in [-0.4, -0.2) is 40.1 Å². The molecular weight excluding hydrogens is 264 g/mol. The van der Waals surface area contributed by atoms with Gasteiger partial charge in [0, 0.05) is 31.4 Å². The van der Waals surface area contributed by atoms with Crippen molar-refractivity contribution >= 4 is 11.6 Å². The van der Waals surface area contributed by atoms with E-state index in [9.17, 15) is 0 Å². The van der Waals surface area contributed by atoms with Crippen molar-refractivity contribution in [3.63, 3.8) is 0 Å². The number of fused-ring (bicyclic) bond motifs is 2. The number of anilines is 2. The third-order valence-corrected chi connectivity index (χ3v) is 4.36. The fourth-order valence-corrected chi connectivity index (χ4v) is 3.41. The van der Waals surface area contributed by atoms with Crippen molar-refractivity contribution in [2.45, 2.75) is 24.9 Å². The number of nitrogens with zero attached hydrogens (tertiary/aromatic N) is 4. The largest absolute Gasteiger partial charge is 0.368 e. The summed E-state index contributed by atoms with van der Waals surface area (Å²) in [6.07, 6.45) is 6.14. The highest BCUT2D eigenvalue weighted by Gasteiger charge is 2.36. The lowest BCUT2D eigenvalue weighted by Gasteiger charge is -2.37. The normalized spacial score (nSPS) is 24.3. The van der Waals surface area contributed by atoms with Crippen molar-refractivity contribution in [2.24, 2.45) is 0 Å². The monoisotopic (exact) mass is 282 g/mol. The first-order valence-electron chi connectivity index (χ1n) is 7.35. The molecule has 4 heterocycles. The number of pyridine rings is 1. The van der Waals surface area contributed by atoms with Gasteiger partial charge in [0.1, 0.15) is 0 Å². The second-order valence-electron chi connectivity index (χ2n) is 5.65. The van der Waals surface area contributed by atoms with Crippen LogP contribution in [-0.2, 0) is 0 Å². The Morgan fingerprint density at radius 2 is 1.86 bits per heavy atom. The lowest BCUT2D eigenvalue weighted by atomic mass is 10.2. The van der Waals surface area contributed by atoms with Gasteiger partial charge in [-0.2, -0.15) is 0 Å². The predicted molar refractivity (Wildman–Crippen MR) is 81.8 cm³/mol. The fraction of sp³-hybridized carbons (Fsp3) is 0.400. The van der Waals surface area contributed by atoms with E-state index < -0.39 is 0 Å². The number of nitrogen functional groups attached to an aromatic ring is 1. The summed E-state index contributed by atoms with van der Waals surface area (Å²) in [5.74, 6) is 0.276. The van der Waals surface area contributed by atoms with Crippen LogP contribution in [0.25, 0.3) is 11.4 Å². The third-order valence-electron chi connectivity index (χ3n) is 4.36. The molecule has 2 atom stereocenters. The summed E-state index contributed by atoms with van der Waals surface area (Å²) in [4.78, 5) is 15.2. The van der Waals surface area contributed by atoms with Crippen LogP contribution in [0.2, 0.25) is 0 Å². The molecule has 0 spiro atoms. The number of nitrogens with two attached hydrogens (primary N) is 1. The number of hydrogen-bond donors (Lipinski definition) is 2. The molecule has 0 amide bonds. The summed E-state index contributed by atoms with van der Waals surface area (Å²) in [6.45, 7) is 2.14. The van der Waals surface area contributed by atoms with Crippen LogP contribution in [0.4, 0.5) is 11.6 Å². The summed E-state index contributed by atoms with van der Waals surface area (Å²) in [5.41, 5.74) is 8.42. The Labute approximate surface area is 123 Å². The molecule has 6 heteroatoms. The van der Waals surface area contributed by atoms with Gasteiger partial charge in [-0.25, -0.2) is 9.97 Å². The summed E-state index contributed by atoms with van der Waals surface area (Å²) >= 11 is 0. The molecule has 2 aliphatic heterocycles. The maximum atomic E-state index is 5.62. The van der Waals surface area contributed by atoms with Crippen molar-refractivity contribution in [1.29, 1.82) is 0 Å². The van der Waals surface area contributed by atoms with Crippen LogP contribution < -0.4 is 16.0 Å². The molecule has 108 valence electrons. The van der Waals surface area contributed by atoms with Gasteiger partial charge in [-0.1, -0.05) is 0 Å². The highest BCUT2D eigenvalue weighted by atomic mass is 15.3. The molecule has 0 aromatic carbocycles. The van der Waals surface area contributed by atoms with E-state index in [-0.39, 0.29) is 5.95 Å². The maximum Gasteiger partial charge on any atom is 0.220 e. The first kappa shape index (κ1) is 12.5. The molecule has 2 aliphatic rings. The molecule has 3 N–H and O–H groups in total. The second kappa shape index (κ2) is 4.96. The summed E-state index contributed by atoms with van der Waals surface area (Å²) in [7, 11) is 0. The van der Waals surface area contributed by atoms with Gasteiger partial charge in [-0.3, -0.25) is 4.98 Å². The van der Waals surface area contributed by atoms with E-state index in [0.29, 0.717) is 12.1 Å². The van der Waals surface area contributed by atoms with E-state index in [2.05, 4.69) is 31.2 Å². The first-order valence-corrected chi connectivity index (χ1v) is 7.35. The summed E-state index contributed by atoms with van der Waals surface area (Å²) in [5, 5.41) is 3.50. The lowest BCUT2D eigenvalue weighted by Crippen LogP contribution is -2.52. The Morgan fingerprint density at radius 1 is 1.05 bits per heavy atom. The van der Waals surface area contributed by atoms with E-state index in [1.807, 2.05) is 18.3 Å². The minimum atomic E-state index is 0.276. The molecule has 6 nitrogen and oxygen atoms in total. The molecule has 0 aliphatic carbocycles. The van der Waals surface area contributed by atoms with Gasteiger partial charge in [0.05, 0.1) is 23.3 Å². The SMILES string of the molecule is Nc1nccc(-c2ccc(N3C4CCC3CNC4)cn2)n1. The van der Waals surface area contributed by atoms with E-state index >= 15 is 0 Å². The zero-order valence-electron chi connectivity index (χ0n) is 11.7. The highest BCUT2D eigenvalue weighted by Crippen LogP contribution is 2.32. The topological polar surface area (TPSA) is 80.0 Å². The quantitative estimate of drug-likeness (QED) is 0.857. The molecule has 21 heavy (non-hydrogen) atoms. The molecule has 0 saturated carbocycles. The molecule has 2 fully saturated rings. The zero-order chi connectivity index (χ0) is 14.2. The Hall–Kier alpha value is -2.21. The maximum absolute atomic E-state index is 5.62. The standard InChI is InChI=1S/C15H18N6/c16-15-18-6-5-14(20-15)13-4-3-12(9-19-13)21-10-1-2-11(21)8-17-7-10/h3-6,9-11,17H,1-2,7-8H2,(H2,16,18,20). The number of rotatable bonds is 2. The number of aromatic nitrogens is 3. The van der Waals surface area contributed by atoms with Gasteiger partial charge < -0.3 is 16.0 Å². The molecular formula is C15H18N6. The van der Waals surface area contributed by atoms with Crippen molar-refractivity contribution in [1.82, 2.24) is 20.3 Å². The van der Waals surface area contributed by atoms with E-state index in [0.717, 1.165) is 24.5 Å². The predicted octanol–water partition coefficient (Wildman–Crippen LogP) is 1.06. The third kappa shape index (κ3) is 2.21. The number of nitrogens with one attached hydrogen (secondary N) is 1. The van der Waals surface area contributed by atoms with Crippen LogP contribution in [0.15, 0.2) is 30.6 Å². The van der Waals surface area contributed by atoms with Crippen molar-refractivity contribution < 1.29 is 0 Å². The Kier molecular flexibility index (Phi) is 2.96. The van der Waals surface area contributed by atoms with Gasteiger partial charge >= 0.3 is 0 Å². The van der Waals surface area contributed by atoms with E-state index in [1.54, 1.807) is 6.20 Å². The zero-order valence-corrected chi connectivity index (χ0v) is 11.7. The van der Waals surface area contributed by atoms with E-state index in [4.69, 9.17) is 5.73 Å². The molecule has 2 saturated heterocycles. The van der Waals surface area contributed by atoms with Crippen LogP contribution in [0.5, 0.6) is 0 Å². The van der Waals surface area contributed by atoms with Gasteiger partial charge in [-0.05, 0) is 31.0 Å². The smallest absolute Gasteiger partial charge is 0.220 e. The minimum Gasteiger partial charge on any atom is -0.368 e. The van der Waals surface area contributed by atoms with Crippen LogP contribution in [0.1, 0.15) is 12.8 Å². The Balaban J connectivity index is 1.62. The number of piperazine rings is 1. The summed E-state index contributed by atoms with van der Waals surface area (Å²) < 4.78 is 0. The van der Waals surface area contributed by atoms with Gasteiger partial charge in [0.15, 0.2) is 0 Å². The van der Waals surface area contributed by atoms with Crippen molar-refractivity contribution in [3.05, 3.63) is 30.6 Å². The highest BCUT2D eigenvalue weighted by molar-refractivity contribution is 5.59. The van der Waals surface area contributed by atoms with Crippen molar-refractivity contribution in [3.8, 4) is 11.4 Å². The molecule has 2 aromatic heterocycles. The lowest BCUT2D eigenvalue weighted by molar-refractivity contribution is 0.484. The molecule has 2 unspecified atom stereocenters. The molecule has 4 rings (SSSR count). The average Bonchev–Trinajstić information content (AvgIpc) is 2.76. The molecule has 2 aromatic rings. The molecule has 0 radical (unpaired) electrons. The van der Waals surface area contributed by atoms with Gasteiger partial charge in [-0.15, -0.1) is 0 Å². The second-order valence-corrected chi connectivity index (χ2v) is 5.65. The molecule has 2 bridgehead atoms. The number of hydrogen-bond acceptors (Lipinski definition) is 6. The Morgan fingerprint density at radius 3 is 2.52 bits per heavy atom.